The van der Waals surface area contributed by atoms with Crippen molar-refractivity contribution in [3.63, 3.8) is 0 Å². The number of rotatable bonds is 9. The van der Waals surface area contributed by atoms with E-state index in [0.717, 1.165) is 12.8 Å². The molecule has 0 saturated heterocycles. The SMILES string of the molecule is CC[C@H](C)NS(=O)(=O)c1ccc(S(=O)(=O)N(Cc2ccc(F)cc2)C2CC2)cc1. The minimum Gasteiger partial charge on any atom is -0.208 e. The first-order valence-corrected chi connectivity index (χ1v) is 12.4. The Morgan fingerprint density at radius 2 is 1.55 bits per heavy atom. The highest BCUT2D eigenvalue weighted by molar-refractivity contribution is 7.89. The van der Waals surface area contributed by atoms with Gasteiger partial charge in [0.1, 0.15) is 5.82 Å². The van der Waals surface area contributed by atoms with Crippen LogP contribution >= 0.6 is 0 Å². The third-order valence-corrected chi connectivity index (χ3v) is 8.43. The lowest BCUT2D eigenvalue weighted by Gasteiger charge is -2.22. The second-order valence-corrected chi connectivity index (χ2v) is 10.9. The molecule has 29 heavy (non-hydrogen) atoms. The molecule has 0 aromatic heterocycles. The topological polar surface area (TPSA) is 83.5 Å². The quantitative estimate of drug-likeness (QED) is 0.649. The summed E-state index contributed by atoms with van der Waals surface area (Å²) in [5.41, 5.74) is 0.693. The summed E-state index contributed by atoms with van der Waals surface area (Å²) in [6.07, 6.45) is 2.18. The molecule has 0 amide bonds. The molecule has 1 aliphatic carbocycles. The third kappa shape index (κ3) is 5.22. The smallest absolute Gasteiger partial charge is 0.208 e. The van der Waals surface area contributed by atoms with Crippen molar-refractivity contribution in [1.29, 1.82) is 0 Å². The average Bonchev–Trinajstić information content (AvgIpc) is 3.52. The molecule has 1 aliphatic rings. The second kappa shape index (κ2) is 8.51. The van der Waals surface area contributed by atoms with Crippen molar-refractivity contribution in [1.82, 2.24) is 9.03 Å². The van der Waals surface area contributed by atoms with Crippen LogP contribution in [0.25, 0.3) is 0 Å². The van der Waals surface area contributed by atoms with Gasteiger partial charge in [-0.3, -0.25) is 0 Å². The van der Waals surface area contributed by atoms with Crippen molar-refractivity contribution in [2.45, 2.75) is 61.5 Å². The largest absolute Gasteiger partial charge is 0.243 e. The molecule has 0 heterocycles. The fraction of sp³-hybridized carbons (Fsp3) is 0.400. The molecule has 0 spiro atoms. The van der Waals surface area contributed by atoms with Crippen LogP contribution in [0.3, 0.4) is 0 Å². The molecule has 1 atom stereocenters. The Balaban J connectivity index is 1.84. The van der Waals surface area contributed by atoms with E-state index in [2.05, 4.69) is 4.72 Å². The van der Waals surface area contributed by atoms with Gasteiger partial charge in [-0.15, -0.1) is 0 Å². The maximum atomic E-state index is 13.2. The summed E-state index contributed by atoms with van der Waals surface area (Å²) in [5, 5.41) is 0. The van der Waals surface area contributed by atoms with E-state index >= 15 is 0 Å². The van der Waals surface area contributed by atoms with Gasteiger partial charge in [-0.25, -0.2) is 25.9 Å². The van der Waals surface area contributed by atoms with Crippen molar-refractivity contribution in [3.8, 4) is 0 Å². The zero-order chi connectivity index (χ0) is 21.2. The molecular weight excluding hydrogens is 415 g/mol. The van der Waals surface area contributed by atoms with E-state index in [4.69, 9.17) is 0 Å². The fourth-order valence-corrected chi connectivity index (χ4v) is 5.89. The molecule has 2 aromatic carbocycles. The Morgan fingerprint density at radius 1 is 1.00 bits per heavy atom. The van der Waals surface area contributed by atoms with Crippen LogP contribution in [0.5, 0.6) is 0 Å². The van der Waals surface area contributed by atoms with Crippen LogP contribution in [0.1, 0.15) is 38.7 Å². The van der Waals surface area contributed by atoms with Crippen LogP contribution in [0.4, 0.5) is 4.39 Å². The minimum atomic E-state index is -3.81. The van der Waals surface area contributed by atoms with Crippen molar-refractivity contribution >= 4 is 20.0 Å². The van der Waals surface area contributed by atoms with E-state index in [1.165, 1.54) is 40.7 Å². The first-order chi connectivity index (χ1) is 13.6. The standard InChI is InChI=1S/C20H25FN2O4S2/c1-3-15(2)22-28(24,25)19-10-12-20(13-11-19)29(26,27)23(18-8-9-18)14-16-4-6-17(21)7-5-16/h4-7,10-13,15,18,22H,3,8-9,14H2,1-2H3/t15-/m0/s1. The normalized spacial score (nSPS) is 16.1. The summed E-state index contributed by atoms with van der Waals surface area (Å²) < 4.78 is 68.2. The van der Waals surface area contributed by atoms with Crippen LogP contribution in [0.15, 0.2) is 58.3 Å². The summed E-state index contributed by atoms with van der Waals surface area (Å²) in [4.78, 5) is 0.0576. The Bertz CT molecular complexity index is 1050. The first-order valence-electron chi connectivity index (χ1n) is 9.52. The van der Waals surface area contributed by atoms with E-state index in [0.29, 0.717) is 12.0 Å². The highest BCUT2D eigenvalue weighted by atomic mass is 32.2. The minimum absolute atomic E-state index is 0.0215. The van der Waals surface area contributed by atoms with Gasteiger partial charge in [-0.05, 0) is 68.1 Å². The fourth-order valence-electron chi connectivity index (χ4n) is 2.89. The van der Waals surface area contributed by atoms with E-state index in [-0.39, 0.29) is 34.2 Å². The molecule has 1 fully saturated rings. The van der Waals surface area contributed by atoms with Gasteiger partial charge in [0, 0.05) is 18.6 Å². The zero-order valence-corrected chi connectivity index (χ0v) is 18.0. The molecule has 0 radical (unpaired) electrons. The lowest BCUT2D eigenvalue weighted by Crippen LogP contribution is -2.33. The Labute approximate surface area is 171 Å². The van der Waals surface area contributed by atoms with Gasteiger partial charge >= 0.3 is 0 Å². The molecule has 3 rings (SSSR count). The van der Waals surface area contributed by atoms with Gasteiger partial charge in [0.05, 0.1) is 9.79 Å². The van der Waals surface area contributed by atoms with E-state index in [1.54, 1.807) is 19.1 Å². The molecule has 0 unspecified atom stereocenters. The summed E-state index contributed by atoms with van der Waals surface area (Å²) in [6, 6.07) is 10.7. The number of hydrogen-bond acceptors (Lipinski definition) is 4. The molecule has 1 N–H and O–H groups in total. The van der Waals surface area contributed by atoms with Gasteiger partial charge in [-0.1, -0.05) is 19.1 Å². The highest BCUT2D eigenvalue weighted by Crippen LogP contribution is 2.33. The maximum Gasteiger partial charge on any atom is 0.243 e. The Kier molecular flexibility index (Phi) is 6.42. The lowest BCUT2D eigenvalue weighted by atomic mass is 10.2. The lowest BCUT2D eigenvalue weighted by molar-refractivity contribution is 0.398. The number of benzene rings is 2. The summed E-state index contributed by atoms with van der Waals surface area (Å²) >= 11 is 0. The van der Waals surface area contributed by atoms with E-state index < -0.39 is 20.0 Å². The number of nitrogens with one attached hydrogen (secondary N) is 1. The molecule has 2 aromatic rings. The number of sulfonamides is 2. The molecular formula is C20H25FN2O4S2. The highest BCUT2D eigenvalue weighted by Gasteiger charge is 2.38. The monoisotopic (exact) mass is 440 g/mol. The van der Waals surface area contributed by atoms with Gasteiger partial charge in [0.25, 0.3) is 0 Å². The van der Waals surface area contributed by atoms with Crippen molar-refractivity contribution in [2.24, 2.45) is 0 Å². The zero-order valence-electron chi connectivity index (χ0n) is 16.4. The van der Waals surface area contributed by atoms with Crippen LogP contribution in [-0.2, 0) is 26.6 Å². The van der Waals surface area contributed by atoms with Crippen molar-refractivity contribution in [3.05, 3.63) is 59.9 Å². The number of hydrogen-bond donors (Lipinski definition) is 1. The Morgan fingerprint density at radius 3 is 2.07 bits per heavy atom. The molecule has 1 saturated carbocycles. The van der Waals surface area contributed by atoms with Crippen LogP contribution in [0, 0.1) is 5.82 Å². The molecule has 0 aliphatic heterocycles. The first kappa shape index (κ1) is 21.9. The van der Waals surface area contributed by atoms with Crippen molar-refractivity contribution in [2.75, 3.05) is 0 Å². The maximum absolute atomic E-state index is 13.2. The van der Waals surface area contributed by atoms with E-state index in [9.17, 15) is 21.2 Å². The van der Waals surface area contributed by atoms with Gasteiger partial charge in [-0.2, -0.15) is 4.31 Å². The number of halogens is 1. The predicted octanol–water partition coefficient (Wildman–Crippen LogP) is 3.26. The molecule has 6 nitrogen and oxygen atoms in total. The van der Waals surface area contributed by atoms with Crippen LogP contribution < -0.4 is 4.72 Å². The van der Waals surface area contributed by atoms with Gasteiger partial charge in [0.2, 0.25) is 20.0 Å². The Hall–Kier alpha value is -1.81. The summed E-state index contributed by atoms with van der Waals surface area (Å²) in [7, 11) is -7.52. The van der Waals surface area contributed by atoms with Crippen LogP contribution in [0.2, 0.25) is 0 Å². The molecule has 9 heteroatoms. The van der Waals surface area contributed by atoms with Crippen molar-refractivity contribution < 1.29 is 21.2 Å². The van der Waals surface area contributed by atoms with Gasteiger partial charge in [0.15, 0.2) is 0 Å². The third-order valence-electron chi connectivity index (χ3n) is 4.92. The van der Waals surface area contributed by atoms with Gasteiger partial charge < -0.3 is 0 Å². The van der Waals surface area contributed by atoms with Crippen LogP contribution in [-0.4, -0.2) is 33.2 Å². The predicted molar refractivity (Wildman–Crippen MR) is 109 cm³/mol. The summed E-state index contributed by atoms with van der Waals surface area (Å²) in [5.74, 6) is -0.377. The summed E-state index contributed by atoms with van der Waals surface area (Å²) in [6.45, 7) is 3.78. The molecule has 0 bridgehead atoms. The average molecular weight is 441 g/mol. The van der Waals surface area contributed by atoms with E-state index in [1.807, 2.05) is 6.92 Å². The number of nitrogens with zero attached hydrogens (tertiary/aromatic N) is 1. The molecule has 158 valence electrons. The second-order valence-electron chi connectivity index (χ2n) is 7.31.